The third kappa shape index (κ3) is 2.65. The van der Waals surface area contributed by atoms with Gasteiger partial charge in [-0.15, -0.1) is 0 Å². The van der Waals surface area contributed by atoms with Crippen LogP contribution in [0.3, 0.4) is 0 Å². The summed E-state index contributed by atoms with van der Waals surface area (Å²) >= 11 is 0.455. The smallest absolute Gasteiger partial charge is 0.272 e. The molecule has 42 valence electrons. The predicted molar refractivity (Wildman–Crippen MR) is 30.9 cm³/mol. The van der Waals surface area contributed by atoms with E-state index in [-0.39, 0.29) is 0 Å². The minimum Gasteiger partial charge on any atom is -0.272 e. The second-order valence-corrected chi connectivity index (χ2v) is 2.85. The largest absolute Gasteiger partial charge is 0.482 e. The average molecular weight is 120 g/mol. The van der Waals surface area contributed by atoms with Gasteiger partial charge in [-0.3, -0.25) is 5.73 Å². The van der Waals surface area contributed by atoms with Gasteiger partial charge in [0.05, 0.1) is 0 Å². The van der Waals surface area contributed by atoms with E-state index in [2.05, 4.69) is 0 Å². The summed E-state index contributed by atoms with van der Waals surface area (Å²) in [5.74, 6) is 0. The normalized spacial score (nSPS) is 18.1. The molecule has 0 heterocycles. The van der Waals surface area contributed by atoms with Gasteiger partial charge >= 0.3 is 11.7 Å². The predicted octanol–water partition coefficient (Wildman–Crippen LogP) is 0.499. The minimum atomic E-state index is -0.556. The minimum absolute atomic E-state index is 0.455. The highest BCUT2D eigenvalue weighted by atomic mass is 32.1. The highest BCUT2D eigenvalue weighted by Gasteiger charge is 2.30. The van der Waals surface area contributed by atoms with Crippen molar-refractivity contribution in [2.45, 2.75) is 25.1 Å². The molecule has 0 fully saturated rings. The fraction of sp³-hybridized carbons (Fsp3) is 1.00. The van der Waals surface area contributed by atoms with Gasteiger partial charge in [0.2, 0.25) is 0 Å². The molecule has 0 rings (SSSR count). The summed E-state index contributed by atoms with van der Waals surface area (Å²) in [4.78, 5) is -0.556. The van der Waals surface area contributed by atoms with Gasteiger partial charge < -0.3 is 0 Å². The molecule has 2 N–H and O–H groups in total. The van der Waals surface area contributed by atoms with Gasteiger partial charge in [-0.25, -0.2) is 0 Å². The molecule has 0 aromatic heterocycles. The van der Waals surface area contributed by atoms with E-state index in [9.17, 15) is 4.21 Å². The van der Waals surface area contributed by atoms with Crippen molar-refractivity contribution < 1.29 is 4.21 Å². The van der Waals surface area contributed by atoms with Crippen molar-refractivity contribution in [1.29, 1.82) is 0 Å². The fourth-order valence-electron chi connectivity index (χ4n) is 0.0589. The van der Waals surface area contributed by atoms with Crippen LogP contribution in [-0.2, 0) is 15.9 Å². The molecule has 0 aromatic rings. The van der Waals surface area contributed by atoms with Crippen LogP contribution < -0.4 is 5.73 Å². The lowest BCUT2D eigenvalue weighted by Gasteiger charge is -1.95. The maximum atomic E-state index is 9.97. The first-order valence-electron chi connectivity index (χ1n) is 2.22. The maximum absolute atomic E-state index is 9.97. The molecular formula is C4H10NOS+. The lowest BCUT2D eigenvalue weighted by molar-refractivity contribution is 0.563. The molecular weight excluding hydrogens is 110 g/mol. The van der Waals surface area contributed by atoms with Gasteiger partial charge in [-0.2, -0.15) is 0 Å². The molecule has 1 atom stereocenters. The molecule has 2 nitrogen and oxygen atoms in total. The first-order chi connectivity index (χ1) is 3.12. The van der Waals surface area contributed by atoms with Crippen LogP contribution in [0.2, 0.25) is 0 Å². The zero-order valence-electron chi connectivity index (χ0n) is 4.60. The van der Waals surface area contributed by atoms with E-state index < -0.39 is 4.87 Å². The molecule has 0 amide bonds. The highest BCUT2D eigenvalue weighted by Crippen LogP contribution is 2.00. The van der Waals surface area contributed by atoms with Crippen LogP contribution in [0.15, 0.2) is 0 Å². The molecule has 0 aromatic carbocycles. The molecule has 0 bridgehead atoms. The quantitative estimate of drug-likeness (QED) is 0.426. The van der Waals surface area contributed by atoms with Gasteiger partial charge in [0, 0.05) is 17.6 Å². The van der Waals surface area contributed by atoms with Crippen molar-refractivity contribution in [3.63, 3.8) is 0 Å². The van der Waals surface area contributed by atoms with Crippen LogP contribution in [0.5, 0.6) is 0 Å². The zero-order chi connectivity index (χ0) is 5.91. The van der Waals surface area contributed by atoms with Crippen LogP contribution >= 0.6 is 0 Å². The number of hydrogen-bond acceptors (Lipinski definition) is 2. The summed E-state index contributed by atoms with van der Waals surface area (Å²) in [6.45, 7) is 3.62. The monoisotopic (exact) mass is 120 g/mol. The molecule has 7 heavy (non-hydrogen) atoms. The third-order valence-corrected chi connectivity index (χ3v) is 1.56. The van der Waals surface area contributed by atoms with Gasteiger partial charge in [-0.05, 0) is 0 Å². The lowest BCUT2D eigenvalue weighted by atomic mass is 10.3. The number of nitrogens with two attached hydrogens (primary N) is 1. The van der Waals surface area contributed by atoms with Crippen LogP contribution in [0.25, 0.3) is 0 Å². The molecule has 0 radical (unpaired) electrons. The second-order valence-electron chi connectivity index (χ2n) is 1.75. The van der Waals surface area contributed by atoms with E-state index in [0.29, 0.717) is 11.7 Å². The summed E-state index contributed by atoms with van der Waals surface area (Å²) in [7, 11) is 0. The van der Waals surface area contributed by atoms with Gasteiger partial charge in [0.15, 0.2) is 0 Å². The van der Waals surface area contributed by atoms with Crippen LogP contribution in [-0.4, -0.2) is 4.87 Å². The Morgan fingerprint density at radius 2 is 2.29 bits per heavy atom. The van der Waals surface area contributed by atoms with E-state index in [1.807, 2.05) is 6.92 Å². The number of hydrogen-bond donors (Lipinski definition) is 1. The first-order valence-corrected chi connectivity index (χ1v) is 2.96. The van der Waals surface area contributed by atoms with E-state index in [1.54, 1.807) is 6.92 Å². The Kier molecular flexibility index (Phi) is 2.32. The summed E-state index contributed by atoms with van der Waals surface area (Å²) in [5, 5.41) is 0. The topological polar surface area (TPSA) is 43.1 Å². The van der Waals surface area contributed by atoms with Crippen molar-refractivity contribution in [2.75, 3.05) is 0 Å². The van der Waals surface area contributed by atoms with Crippen molar-refractivity contribution in [3.8, 4) is 0 Å². The Labute approximate surface area is 47.6 Å². The summed E-state index contributed by atoms with van der Waals surface area (Å²) in [5.41, 5.74) is 5.37. The molecule has 0 aliphatic heterocycles. The van der Waals surface area contributed by atoms with Crippen molar-refractivity contribution in [3.05, 3.63) is 0 Å². The molecule has 0 aliphatic rings. The summed E-state index contributed by atoms with van der Waals surface area (Å²) in [6.07, 6.45) is 0.723. The van der Waals surface area contributed by atoms with E-state index in [0.717, 1.165) is 6.42 Å². The molecule has 0 saturated heterocycles. The van der Waals surface area contributed by atoms with Crippen molar-refractivity contribution >= 4 is 11.7 Å². The Hall–Kier alpha value is -0.0200. The molecule has 3 heteroatoms. The average Bonchev–Trinajstić information content (AvgIpc) is 1.68. The van der Waals surface area contributed by atoms with Gasteiger partial charge in [0.1, 0.15) is 0 Å². The maximum Gasteiger partial charge on any atom is 0.482 e. The Morgan fingerprint density at radius 1 is 1.86 bits per heavy atom. The van der Waals surface area contributed by atoms with E-state index >= 15 is 0 Å². The van der Waals surface area contributed by atoms with Gasteiger partial charge in [-0.1, -0.05) is 6.92 Å². The second kappa shape index (κ2) is 2.33. The summed E-state index contributed by atoms with van der Waals surface area (Å²) in [6, 6.07) is 0. The van der Waals surface area contributed by atoms with Crippen LogP contribution in [0.4, 0.5) is 0 Å². The third-order valence-electron chi connectivity index (χ3n) is 0.892. The van der Waals surface area contributed by atoms with E-state index in [4.69, 9.17) is 5.73 Å². The SMILES string of the molecule is CCC(C)(N)[S+]=O. The zero-order valence-corrected chi connectivity index (χ0v) is 5.42. The summed E-state index contributed by atoms with van der Waals surface area (Å²) < 4.78 is 9.97. The Morgan fingerprint density at radius 3 is 2.29 bits per heavy atom. The molecule has 0 spiro atoms. The fourth-order valence-corrected chi connectivity index (χ4v) is 0.177. The first kappa shape index (κ1) is 6.98. The lowest BCUT2D eigenvalue weighted by Crippen LogP contribution is -2.33. The standard InChI is InChI=1S/C4H10NOS/c1-3-4(2,5)7-6/h3,5H2,1-2H3/q+1. The van der Waals surface area contributed by atoms with Crippen LogP contribution in [0.1, 0.15) is 20.3 Å². The highest BCUT2D eigenvalue weighted by molar-refractivity contribution is 7.67. The van der Waals surface area contributed by atoms with Gasteiger partial charge in [0.25, 0.3) is 4.87 Å². The van der Waals surface area contributed by atoms with E-state index in [1.165, 1.54) is 0 Å². The Balaban J connectivity index is 3.58. The molecule has 1 unspecified atom stereocenters. The molecule has 0 saturated carbocycles. The van der Waals surface area contributed by atoms with Crippen LogP contribution in [0, 0.1) is 0 Å². The Bertz CT molecular complexity index is 72.1. The van der Waals surface area contributed by atoms with Crippen molar-refractivity contribution in [2.24, 2.45) is 5.73 Å². The molecule has 0 aliphatic carbocycles. The van der Waals surface area contributed by atoms with Crippen molar-refractivity contribution in [1.82, 2.24) is 0 Å². The number of rotatable bonds is 2.